The van der Waals surface area contributed by atoms with Gasteiger partial charge in [0.1, 0.15) is 12.1 Å². The summed E-state index contributed by atoms with van der Waals surface area (Å²) in [5.41, 5.74) is 0. The average molecular weight is 570 g/mol. The molecular weight excluding hydrogens is 510 g/mol. The summed E-state index contributed by atoms with van der Waals surface area (Å²) in [4.78, 5) is 47.2. The highest BCUT2D eigenvalue weighted by Crippen LogP contribution is 2.17. The van der Waals surface area contributed by atoms with Crippen LogP contribution in [0.25, 0.3) is 0 Å². The summed E-state index contributed by atoms with van der Waals surface area (Å²) in [7, 11) is 0. The van der Waals surface area contributed by atoms with Gasteiger partial charge >= 0.3 is 17.9 Å². The van der Waals surface area contributed by atoms with Crippen molar-refractivity contribution in [2.45, 2.75) is 180 Å². The number of carbonyl (C=O) groups is 4. The fourth-order valence-corrected chi connectivity index (χ4v) is 4.90. The normalized spacial score (nSPS) is 12.6. The number of amides is 1. The maximum absolute atomic E-state index is 12.5. The number of ether oxygens (including phenoxy) is 1. The third-order valence-electron chi connectivity index (χ3n) is 7.34. The van der Waals surface area contributed by atoms with Crippen molar-refractivity contribution >= 4 is 23.8 Å². The Balaban J connectivity index is 4.45. The number of hydrogen-bond acceptors (Lipinski definition) is 5. The van der Waals surface area contributed by atoms with Crippen molar-refractivity contribution in [2.24, 2.45) is 0 Å². The number of carboxylic acid groups (broad SMARTS) is 2. The average Bonchev–Trinajstić information content (AvgIpc) is 2.90. The Morgan fingerprint density at radius 2 is 1.02 bits per heavy atom. The molecule has 0 aromatic rings. The van der Waals surface area contributed by atoms with Crippen LogP contribution in [0, 0.1) is 0 Å². The van der Waals surface area contributed by atoms with E-state index in [9.17, 15) is 24.3 Å². The lowest BCUT2D eigenvalue weighted by molar-refractivity contribution is -0.152. The summed E-state index contributed by atoms with van der Waals surface area (Å²) in [5.74, 6) is -3.65. The summed E-state index contributed by atoms with van der Waals surface area (Å²) in [6.07, 6.45) is 22.8. The van der Waals surface area contributed by atoms with Crippen LogP contribution in [0.3, 0.4) is 0 Å². The van der Waals surface area contributed by atoms with Crippen LogP contribution in [-0.2, 0) is 23.9 Å². The van der Waals surface area contributed by atoms with Crippen LogP contribution in [-0.4, -0.2) is 46.2 Å². The van der Waals surface area contributed by atoms with E-state index in [1.807, 2.05) is 0 Å². The molecule has 0 saturated carbocycles. The zero-order valence-corrected chi connectivity index (χ0v) is 25.6. The molecule has 8 heteroatoms. The maximum Gasteiger partial charge on any atom is 0.326 e. The van der Waals surface area contributed by atoms with Crippen molar-refractivity contribution in [3.8, 4) is 0 Å². The summed E-state index contributed by atoms with van der Waals surface area (Å²) in [6.45, 7) is 4.43. The molecule has 0 spiro atoms. The number of hydrogen-bond donors (Lipinski definition) is 3. The van der Waals surface area contributed by atoms with E-state index in [0.717, 1.165) is 38.5 Å². The Hall–Kier alpha value is -2.12. The summed E-state index contributed by atoms with van der Waals surface area (Å²) in [6, 6.07) is -1.51. The fraction of sp³-hybridized carbons (Fsp3) is 0.875. The molecule has 0 aliphatic carbocycles. The molecule has 0 rings (SSSR count). The zero-order valence-electron chi connectivity index (χ0n) is 25.6. The van der Waals surface area contributed by atoms with Crippen LogP contribution in [0.2, 0.25) is 0 Å². The van der Waals surface area contributed by atoms with E-state index in [1.165, 1.54) is 89.9 Å². The van der Waals surface area contributed by atoms with Crippen LogP contribution >= 0.6 is 0 Å². The lowest BCUT2D eigenvalue weighted by Crippen LogP contribution is -2.43. The molecule has 1 amide bonds. The van der Waals surface area contributed by atoms with E-state index in [-0.39, 0.29) is 12.4 Å². The standard InChI is InChI=1S/C32H59NO7/c1-3-5-7-9-11-13-14-16-18-20-22-24-31(37)40-27(23-21-19-17-15-12-10-8-6-4-2)25-29(34)33-28(32(38)39)26-30(35)36/h27-28H,3-26H2,1-2H3,(H,33,34)(H,35,36)(H,38,39). The van der Waals surface area contributed by atoms with Crippen molar-refractivity contribution < 1.29 is 34.1 Å². The third-order valence-corrected chi connectivity index (χ3v) is 7.34. The van der Waals surface area contributed by atoms with Crippen molar-refractivity contribution in [1.82, 2.24) is 5.32 Å². The lowest BCUT2D eigenvalue weighted by Gasteiger charge is -2.19. The molecule has 0 aliphatic heterocycles. The van der Waals surface area contributed by atoms with Gasteiger partial charge < -0.3 is 20.3 Å². The van der Waals surface area contributed by atoms with Gasteiger partial charge in [0.2, 0.25) is 5.91 Å². The number of esters is 1. The van der Waals surface area contributed by atoms with Gasteiger partial charge in [-0.05, 0) is 19.3 Å². The fourth-order valence-electron chi connectivity index (χ4n) is 4.90. The summed E-state index contributed by atoms with van der Waals surface area (Å²) >= 11 is 0. The molecular formula is C32H59NO7. The number of rotatable bonds is 29. The van der Waals surface area contributed by atoms with Crippen molar-refractivity contribution in [3.05, 3.63) is 0 Å². The Bertz CT molecular complexity index is 668. The summed E-state index contributed by atoms with van der Waals surface area (Å²) < 4.78 is 5.64. The minimum Gasteiger partial charge on any atom is -0.481 e. The number of nitrogens with one attached hydrogen (secondary N) is 1. The van der Waals surface area contributed by atoms with Gasteiger partial charge in [0, 0.05) is 6.42 Å². The Labute approximate surface area is 243 Å². The molecule has 3 N–H and O–H groups in total. The van der Waals surface area contributed by atoms with E-state index in [2.05, 4.69) is 19.2 Å². The van der Waals surface area contributed by atoms with Gasteiger partial charge in [0.05, 0.1) is 12.8 Å². The highest BCUT2D eigenvalue weighted by atomic mass is 16.5. The molecule has 0 heterocycles. The second-order valence-corrected chi connectivity index (χ2v) is 11.3. The van der Waals surface area contributed by atoms with Gasteiger partial charge in [0.15, 0.2) is 0 Å². The van der Waals surface area contributed by atoms with Crippen molar-refractivity contribution in [3.63, 3.8) is 0 Å². The Morgan fingerprint density at radius 1 is 0.600 bits per heavy atom. The maximum atomic E-state index is 12.5. The van der Waals surface area contributed by atoms with Crippen LogP contribution < -0.4 is 5.32 Å². The van der Waals surface area contributed by atoms with Gasteiger partial charge in [-0.2, -0.15) is 0 Å². The largest absolute Gasteiger partial charge is 0.481 e. The van der Waals surface area contributed by atoms with Gasteiger partial charge in [-0.15, -0.1) is 0 Å². The molecule has 0 radical (unpaired) electrons. The van der Waals surface area contributed by atoms with Crippen LogP contribution in [0.15, 0.2) is 0 Å². The van der Waals surface area contributed by atoms with Crippen LogP contribution in [0.4, 0.5) is 0 Å². The highest BCUT2D eigenvalue weighted by molar-refractivity contribution is 5.87. The predicted molar refractivity (Wildman–Crippen MR) is 159 cm³/mol. The van der Waals surface area contributed by atoms with E-state index in [4.69, 9.17) is 9.84 Å². The monoisotopic (exact) mass is 569 g/mol. The SMILES string of the molecule is CCCCCCCCCCCCCC(=O)OC(CCCCCCCCCCC)CC(=O)NC(CC(=O)O)C(=O)O. The van der Waals surface area contributed by atoms with E-state index >= 15 is 0 Å². The molecule has 0 bridgehead atoms. The second-order valence-electron chi connectivity index (χ2n) is 11.3. The molecule has 0 saturated heterocycles. The van der Waals surface area contributed by atoms with Gasteiger partial charge in [0.25, 0.3) is 0 Å². The quantitative estimate of drug-likeness (QED) is 0.0615. The lowest BCUT2D eigenvalue weighted by atomic mass is 10.0. The Kier molecular flexibility index (Phi) is 25.6. The van der Waals surface area contributed by atoms with Gasteiger partial charge in [-0.25, -0.2) is 4.79 Å². The molecule has 0 fully saturated rings. The molecule has 2 atom stereocenters. The number of carboxylic acids is 2. The van der Waals surface area contributed by atoms with E-state index < -0.39 is 36.4 Å². The smallest absolute Gasteiger partial charge is 0.326 e. The third kappa shape index (κ3) is 24.9. The van der Waals surface area contributed by atoms with Crippen LogP contribution in [0.1, 0.15) is 168 Å². The second kappa shape index (κ2) is 27.1. The predicted octanol–water partition coefficient (Wildman–Crippen LogP) is 7.95. The number of unbranched alkanes of at least 4 members (excludes halogenated alkanes) is 18. The molecule has 2 unspecified atom stereocenters. The molecule has 0 aromatic heterocycles. The molecule has 40 heavy (non-hydrogen) atoms. The van der Waals surface area contributed by atoms with Crippen molar-refractivity contribution in [2.75, 3.05) is 0 Å². The van der Waals surface area contributed by atoms with E-state index in [0.29, 0.717) is 12.8 Å². The minimum absolute atomic E-state index is 0.162. The number of aliphatic carboxylic acids is 2. The highest BCUT2D eigenvalue weighted by Gasteiger charge is 2.25. The molecule has 8 nitrogen and oxygen atoms in total. The first-order valence-electron chi connectivity index (χ1n) is 16.2. The first-order valence-corrected chi connectivity index (χ1v) is 16.2. The Morgan fingerprint density at radius 3 is 1.45 bits per heavy atom. The number of carbonyl (C=O) groups excluding carboxylic acids is 2. The zero-order chi connectivity index (χ0) is 29.8. The molecule has 0 aromatic carbocycles. The topological polar surface area (TPSA) is 130 Å². The van der Waals surface area contributed by atoms with Gasteiger partial charge in [-0.3, -0.25) is 14.4 Å². The van der Waals surface area contributed by atoms with Crippen LogP contribution in [0.5, 0.6) is 0 Å². The summed E-state index contributed by atoms with van der Waals surface area (Å²) in [5, 5.41) is 20.4. The van der Waals surface area contributed by atoms with E-state index in [1.54, 1.807) is 0 Å². The van der Waals surface area contributed by atoms with Gasteiger partial charge in [-0.1, -0.05) is 129 Å². The first-order chi connectivity index (χ1) is 19.3. The first kappa shape index (κ1) is 37.9. The van der Waals surface area contributed by atoms with Crippen molar-refractivity contribution in [1.29, 1.82) is 0 Å². The molecule has 0 aliphatic rings. The minimum atomic E-state index is -1.51. The molecule has 234 valence electrons.